The highest BCUT2D eigenvalue weighted by Crippen LogP contribution is 2.41. The van der Waals surface area contributed by atoms with Crippen LogP contribution in [-0.2, 0) is 22.6 Å². The Morgan fingerprint density at radius 1 is 1.19 bits per heavy atom. The molecule has 0 bridgehead atoms. The van der Waals surface area contributed by atoms with E-state index in [2.05, 4.69) is 5.32 Å². The van der Waals surface area contributed by atoms with E-state index >= 15 is 0 Å². The van der Waals surface area contributed by atoms with Crippen LogP contribution in [0.1, 0.15) is 60.7 Å². The third-order valence-corrected chi connectivity index (χ3v) is 6.71. The number of carbonyl (C=O) groups is 3. The zero-order valence-electron chi connectivity index (χ0n) is 21.9. The predicted molar refractivity (Wildman–Crippen MR) is 143 cm³/mol. The lowest BCUT2D eigenvalue weighted by Gasteiger charge is -2.23. The van der Waals surface area contributed by atoms with Gasteiger partial charge in [-0.2, -0.15) is 0 Å². The van der Waals surface area contributed by atoms with Crippen molar-refractivity contribution in [3.63, 3.8) is 0 Å². The highest BCUT2D eigenvalue weighted by atomic mass is 35.5. The van der Waals surface area contributed by atoms with Crippen LogP contribution in [-0.4, -0.2) is 43.1 Å². The van der Waals surface area contributed by atoms with Crippen LogP contribution in [0.4, 0.5) is 10.5 Å². The van der Waals surface area contributed by atoms with E-state index in [9.17, 15) is 14.4 Å². The highest BCUT2D eigenvalue weighted by Gasteiger charge is 2.33. The summed E-state index contributed by atoms with van der Waals surface area (Å²) in [6, 6.07) is 6.51. The van der Waals surface area contributed by atoms with Gasteiger partial charge in [-0.15, -0.1) is 0 Å². The van der Waals surface area contributed by atoms with Gasteiger partial charge in [0.15, 0.2) is 0 Å². The molecule has 0 saturated heterocycles. The summed E-state index contributed by atoms with van der Waals surface area (Å²) in [4.78, 5) is 39.6. The standard InChI is InChI=1S/C28H33ClN2O6/c1-6-31(7-2)28(34)30-25-19(26(35-5)18(4)20-16-36-27(33)24(20)25)14-12-17(3)13-15-23(32)37-22-11-9-8-10-21(22)29/h8-12H,6-7,13-16H2,1-5H3,(H,30,34). The Kier molecular flexibility index (Phi) is 9.58. The SMILES string of the molecule is CCN(CC)C(=O)Nc1c(CC=C(C)CCC(=O)Oc2ccccc2Cl)c(OC)c(C)c2c1C(=O)OC2. The summed E-state index contributed by atoms with van der Waals surface area (Å²) in [6.45, 7) is 8.75. The molecule has 2 aromatic carbocycles. The highest BCUT2D eigenvalue weighted by molar-refractivity contribution is 6.32. The monoisotopic (exact) mass is 528 g/mol. The summed E-state index contributed by atoms with van der Waals surface area (Å²) in [6.07, 6.45) is 2.98. The number of rotatable bonds is 10. The molecular formula is C28H33ClN2O6. The molecule has 0 spiro atoms. The molecule has 1 heterocycles. The van der Waals surface area contributed by atoms with Crippen molar-refractivity contribution >= 4 is 35.3 Å². The molecule has 37 heavy (non-hydrogen) atoms. The number of halogens is 1. The Bertz CT molecular complexity index is 1220. The largest absolute Gasteiger partial charge is 0.496 e. The van der Waals surface area contributed by atoms with Crippen LogP contribution >= 0.6 is 11.6 Å². The second kappa shape index (κ2) is 12.6. The van der Waals surface area contributed by atoms with Crippen LogP contribution in [0.25, 0.3) is 0 Å². The Balaban J connectivity index is 1.85. The van der Waals surface area contributed by atoms with Crippen molar-refractivity contribution in [2.75, 3.05) is 25.5 Å². The first-order chi connectivity index (χ1) is 17.7. The van der Waals surface area contributed by atoms with Gasteiger partial charge >= 0.3 is 18.0 Å². The van der Waals surface area contributed by atoms with Crippen molar-refractivity contribution in [1.82, 2.24) is 4.90 Å². The van der Waals surface area contributed by atoms with Crippen LogP contribution in [0.15, 0.2) is 35.9 Å². The third-order valence-electron chi connectivity index (χ3n) is 6.40. The maximum absolute atomic E-state index is 13.0. The molecular weight excluding hydrogens is 496 g/mol. The number of esters is 2. The van der Waals surface area contributed by atoms with E-state index in [1.165, 1.54) is 0 Å². The topological polar surface area (TPSA) is 94.2 Å². The second-order valence-corrected chi connectivity index (χ2v) is 9.11. The minimum atomic E-state index is -0.472. The molecule has 0 saturated carbocycles. The normalized spacial score (nSPS) is 12.6. The summed E-state index contributed by atoms with van der Waals surface area (Å²) < 4.78 is 16.4. The molecule has 198 valence electrons. The zero-order chi connectivity index (χ0) is 27.1. The molecule has 0 fully saturated rings. The second-order valence-electron chi connectivity index (χ2n) is 8.70. The lowest BCUT2D eigenvalue weighted by molar-refractivity contribution is -0.134. The van der Waals surface area contributed by atoms with Gasteiger partial charge in [-0.05, 0) is 58.2 Å². The van der Waals surface area contributed by atoms with Gasteiger partial charge in [-0.3, -0.25) is 4.79 Å². The van der Waals surface area contributed by atoms with Crippen molar-refractivity contribution in [3.05, 3.63) is 63.2 Å². The van der Waals surface area contributed by atoms with Crippen molar-refractivity contribution in [1.29, 1.82) is 0 Å². The summed E-state index contributed by atoms with van der Waals surface area (Å²) >= 11 is 6.06. The molecule has 0 aromatic heterocycles. The first-order valence-corrected chi connectivity index (χ1v) is 12.7. The van der Waals surface area contributed by atoms with Gasteiger partial charge in [-0.25, -0.2) is 9.59 Å². The Morgan fingerprint density at radius 3 is 2.54 bits per heavy atom. The van der Waals surface area contributed by atoms with Gasteiger partial charge < -0.3 is 24.4 Å². The number of fused-ring (bicyclic) bond motifs is 1. The molecule has 3 rings (SSSR count). The molecule has 2 amide bonds. The van der Waals surface area contributed by atoms with Crippen LogP contribution < -0.4 is 14.8 Å². The number of cyclic esters (lactones) is 1. The predicted octanol–water partition coefficient (Wildman–Crippen LogP) is 6.08. The van der Waals surface area contributed by atoms with Gasteiger partial charge in [0, 0.05) is 30.6 Å². The van der Waals surface area contributed by atoms with E-state index in [0.29, 0.717) is 64.8 Å². The minimum absolute atomic E-state index is 0.132. The van der Waals surface area contributed by atoms with E-state index in [1.54, 1.807) is 36.3 Å². The summed E-state index contributed by atoms with van der Waals surface area (Å²) in [5.74, 6) is 0.0605. The summed E-state index contributed by atoms with van der Waals surface area (Å²) in [5.41, 5.74) is 3.90. The van der Waals surface area contributed by atoms with Crippen molar-refractivity contribution < 1.29 is 28.6 Å². The van der Waals surface area contributed by atoms with Crippen molar-refractivity contribution in [2.24, 2.45) is 0 Å². The first kappa shape index (κ1) is 28.1. The minimum Gasteiger partial charge on any atom is -0.496 e. The fraction of sp³-hybridized carbons (Fsp3) is 0.393. The van der Waals surface area contributed by atoms with Gasteiger partial charge in [0.2, 0.25) is 0 Å². The van der Waals surface area contributed by atoms with Gasteiger partial charge in [0.05, 0.1) is 23.4 Å². The summed E-state index contributed by atoms with van der Waals surface area (Å²) in [5, 5.41) is 3.32. The maximum Gasteiger partial charge on any atom is 0.341 e. The number of amides is 2. The van der Waals surface area contributed by atoms with Crippen LogP contribution in [0.5, 0.6) is 11.5 Å². The average Bonchev–Trinajstić information content (AvgIpc) is 3.27. The molecule has 0 atom stereocenters. The Hall–Kier alpha value is -3.52. The summed E-state index contributed by atoms with van der Waals surface area (Å²) in [7, 11) is 1.56. The number of methoxy groups -OCH3 is 1. The van der Waals surface area contributed by atoms with E-state index in [4.69, 9.17) is 25.8 Å². The molecule has 0 aliphatic carbocycles. The fourth-order valence-corrected chi connectivity index (χ4v) is 4.44. The average molecular weight is 529 g/mol. The number of allylic oxidation sites excluding steroid dienone is 2. The smallest absolute Gasteiger partial charge is 0.341 e. The third kappa shape index (κ3) is 6.43. The number of hydrogen-bond donors (Lipinski definition) is 1. The van der Waals surface area contributed by atoms with E-state index in [-0.39, 0.29) is 25.0 Å². The number of carbonyl (C=O) groups excluding carboxylic acids is 3. The van der Waals surface area contributed by atoms with Crippen molar-refractivity contribution in [2.45, 2.75) is 53.6 Å². The quantitative estimate of drug-likeness (QED) is 0.228. The molecule has 1 aliphatic rings. The maximum atomic E-state index is 13.0. The van der Waals surface area contributed by atoms with Crippen LogP contribution in [0.2, 0.25) is 5.02 Å². The number of urea groups is 1. The van der Waals surface area contributed by atoms with Crippen LogP contribution in [0, 0.1) is 6.92 Å². The van der Waals surface area contributed by atoms with Gasteiger partial charge in [0.1, 0.15) is 18.1 Å². The lowest BCUT2D eigenvalue weighted by atomic mass is 9.93. The zero-order valence-corrected chi connectivity index (χ0v) is 22.7. The number of nitrogens with zero attached hydrogens (tertiary/aromatic N) is 1. The van der Waals surface area contributed by atoms with E-state index in [1.807, 2.05) is 33.8 Å². The number of anilines is 1. The molecule has 9 heteroatoms. The number of nitrogens with one attached hydrogen (secondary N) is 1. The Labute approximate surface area is 222 Å². The van der Waals surface area contributed by atoms with E-state index < -0.39 is 5.97 Å². The van der Waals surface area contributed by atoms with Gasteiger partial charge in [-0.1, -0.05) is 35.4 Å². The number of ether oxygens (including phenoxy) is 3. The van der Waals surface area contributed by atoms with E-state index in [0.717, 1.165) is 11.1 Å². The molecule has 0 unspecified atom stereocenters. The fourth-order valence-electron chi connectivity index (χ4n) is 4.27. The van der Waals surface area contributed by atoms with Gasteiger partial charge in [0.25, 0.3) is 0 Å². The first-order valence-electron chi connectivity index (χ1n) is 12.3. The molecule has 2 aromatic rings. The lowest BCUT2D eigenvalue weighted by Crippen LogP contribution is -2.35. The molecule has 1 N–H and O–H groups in total. The Morgan fingerprint density at radius 2 is 1.89 bits per heavy atom. The van der Waals surface area contributed by atoms with Crippen molar-refractivity contribution in [3.8, 4) is 11.5 Å². The molecule has 0 radical (unpaired) electrons. The molecule has 1 aliphatic heterocycles. The number of benzene rings is 2. The number of hydrogen-bond acceptors (Lipinski definition) is 6. The molecule has 8 nitrogen and oxygen atoms in total. The number of para-hydroxylation sites is 1. The van der Waals surface area contributed by atoms with Crippen LogP contribution in [0.3, 0.4) is 0 Å².